The molecular weight excluding hydrogens is 230 g/mol. The number of carbonyl (C=O) groups excluding carboxylic acids is 1. The molecule has 1 aliphatic heterocycles. The Bertz CT molecular complexity index is 414. The van der Waals surface area contributed by atoms with Gasteiger partial charge in [-0.2, -0.15) is 0 Å². The van der Waals surface area contributed by atoms with Crippen LogP contribution in [0.15, 0.2) is 24.3 Å². The Morgan fingerprint density at radius 3 is 2.61 bits per heavy atom. The molecule has 1 N–H and O–H groups in total. The van der Waals surface area contributed by atoms with Crippen molar-refractivity contribution in [3.63, 3.8) is 0 Å². The Kier molecular flexibility index (Phi) is 3.87. The van der Waals surface area contributed by atoms with Crippen molar-refractivity contribution in [2.75, 3.05) is 13.7 Å². The number of likely N-dealkylation sites (tertiary alicyclic amines) is 1. The summed E-state index contributed by atoms with van der Waals surface area (Å²) in [7, 11) is 1.63. The lowest BCUT2D eigenvalue weighted by Crippen LogP contribution is -2.26. The number of benzene rings is 1. The highest BCUT2D eigenvalue weighted by Gasteiger charge is 2.32. The van der Waals surface area contributed by atoms with E-state index in [9.17, 15) is 9.90 Å². The number of hydrogen-bond acceptors (Lipinski definition) is 3. The maximum Gasteiger partial charge on any atom is 0.223 e. The van der Waals surface area contributed by atoms with E-state index in [0.29, 0.717) is 19.5 Å². The van der Waals surface area contributed by atoms with Gasteiger partial charge in [-0.05, 0) is 24.6 Å². The average molecular weight is 249 g/mol. The predicted octanol–water partition coefficient (Wildman–Crippen LogP) is 1.42. The van der Waals surface area contributed by atoms with Gasteiger partial charge in [0.25, 0.3) is 0 Å². The van der Waals surface area contributed by atoms with Crippen molar-refractivity contribution in [3.8, 4) is 5.75 Å². The molecule has 0 saturated carbocycles. The zero-order valence-electron chi connectivity index (χ0n) is 10.8. The van der Waals surface area contributed by atoms with Crippen LogP contribution in [0, 0.1) is 5.92 Å². The van der Waals surface area contributed by atoms with Gasteiger partial charge in [-0.3, -0.25) is 4.79 Å². The molecule has 1 aromatic carbocycles. The highest BCUT2D eigenvalue weighted by molar-refractivity contribution is 5.78. The lowest BCUT2D eigenvalue weighted by atomic mass is 10.0. The largest absolute Gasteiger partial charge is 0.497 e. The summed E-state index contributed by atoms with van der Waals surface area (Å²) in [5, 5.41) is 9.53. The molecule has 0 unspecified atom stereocenters. The SMILES string of the molecule is COc1ccc(CN2C[C@H]([C@@H](C)O)CC2=O)cc1. The Morgan fingerprint density at radius 1 is 1.44 bits per heavy atom. The predicted molar refractivity (Wildman–Crippen MR) is 68.2 cm³/mol. The van der Waals surface area contributed by atoms with Gasteiger partial charge in [-0.25, -0.2) is 0 Å². The summed E-state index contributed by atoms with van der Waals surface area (Å²) in [6, 6.07) is 7.70. The summed E-state index contributed by atoms with van der Waals surface area (Å²) in [6.45, 7) is 2.99. The first-order valence-electron chi connectivity index (χ1n) is 6.19. The standard InChI is InChI=1S/C14H19NO3/c1-10(16)12-7-14(17)15(9-12)8-11-3-5-13(18-2)6-4-11/h3-6,10,12,16H,7-9H2,1-2H3/t10-,12-/m1/s1. The molecule has 2 atom stereocenters. The Labute approximate surface area is 107 Å². The van der Waals surface area contributed by atoms with Crippen LogP contribution < -0.4 is 4.74 Å². The smallest absolute Gasteiger partial charge is 0.223 e. The van der Waals surface area contributed by atoms with E-state index in [2.05, 4.69) is 0 Å². The van der Waals surface area contributed by atoms with Crippen LogP contribution in [-0.4, -0.2) is 35.7 Å². The first-order valence-corrected chi connectivity index (χ1v) is 6.19. The molecule has 0 aliphatic carbocycles. The van der Waals surface area contributed by atoms with Crippen molar-refractivity contribution in [1.82, 2.24) is 4.90 Å². The third-order valence-electron chi connectivity index (χ3n) is 3.46. The maximum absolute atomic E-state index is 11.8. The molecule has 1 aromatic rings. The molecule has 2 rings (SSSR count). The van der Waals surface area contributed by atoms with Crippen molar-refractivity contribution in [2.45, 2.75) is 26.0 Å². The van der Waals surface area contributed by atoms with E-state index in [1.54, 1.807) is 18.9 Å². The monoisotopic (exact) mass is 249 g/mol. The van der Waals surface area contributed by atoms with E-state index in [4.69, 9.17) is 4.74 Å². The summed E-state index contributed by atoms with van der Waals surface area (Å²) >= 11 is 0. The van der Waals surface area contributed by atoms with Crippen LogP contribution in [0.2, 0.25) is 0 Å². The second-order valence-corrected chi connectivity index (χ2v) is 4.83. The average Bonchev–Trinajstić information content (AvgIpc) is 2.72. The zero-order chi connectivity index (χ0) is 13.1. The Hall–Kier alpha value is -1.55. The van der Waals surface area contributed by atoms with Gasteiger partial charge in [0.05, 0.1) is 13.2 Å². The number of nitrogens with zero attached hydrogens (tertiary/aromatic N) is 1. The van der Waals surface area contributed by atoms with E-state index < -0.39 is 6.10 Å². The first kappa shape index (κ1) is 12.9. The van der Waals surface area contributed by atoms with Gasteiger partial charge < -0.3 is 14.7 Å². The molecule has 1 amide bonds. The summed E-state index contributed by atoms with van der Waals surface area (Å²) in [5.41, 5.74) is 1.08. The highest BCUT2D eigenvalue weighted by atomic mass is 16.5. The molecule has 4 heteroatoms. The van der Waals surface area contributed by atoms with Gasteiger partial charge in [0.15, 0.2) is 0 Å². The fourth-order valence-corrected chi connectivity index (χ4v) is 2.23. The summed E-state index contributed by atoms with van der Waals surface area (Å²) in [4.78, 5) is 13.6. The molecule has 0 radical (unpaired) electrons. The van der Waals surface area contributed by atoms with Gasteiger partial charge in [-0.1, -0.05) is 12.1 Å². The van der Waals surface area contributed by atoms with Crippen LogP contribution in [0.3, 0.4) is 0 Å². The zero-order valence-corrected chi connectivity index (χ0v) is 10.8. The third kappa shape index (κ3) is 2.82. The summed E-state index contributed by atoms with van der Waals surface area (Å²) in [6.07, 6.45) is 0.0307. The number of aliphatic hydroxyl groups is 1. The number of carbonyl (C=O) groups is 1. The number of rotatable bonds is 4. The second kappa shape index (κ2) is 5.40. The van der Waals surface area contributed by atoms with Crippen LogP contribution in [0.25, 0.3) is 0 Å². The van der Waals surface area contributed by atoms with Crippen molar-refractivity contribution in [2.24, 2.45) is 5.92 Å². The van der Waals surface area contributed by atoms with Crippen LogP contribution in [0.1, 0.15) is 18.9 Å². The number of methoxy groups -OCH3 is 1. The highest BCUT2D eigenvalue weighted by Crippen LogP contribution is 2.23. The molecule has 1 fully saturated rings. The lowest BCUT2D eigenvalue weighted by molar-refractivity contribution is -0.128. The van der Waals surface area contributed by atoms with E-state index in [1.807, 2.05) is 24.3 Å². The van der Waals surface area contributed by atoms with Crippen LogP contribution in [0.5, 0.6) is 5.75 Å². The molecule has 1 heterocycles. The van der Waals surface area contributed by atoms with Gasteiger partial charge in [0.2, 0.25) is 5.91 Å². The fraction of sp³-hybridized carbons (Fsp3) is 0.500. The first-order chi connectivity index (χ1) is 8.60. The lowest BCUT2D eigenvalue weighted by Gasteiger charge is -2.17. The topological polar surface area (TPSA) is 49.8 Å². The minimum atomic E-state index is -0.421. The molecule has 18 heavy (non-hydrogen) atoms. The third-order valence-corrected chi connectivity index (χ3v) is 3.46. The summed E-state index contributed by atoms with van der Waals surface area (Å²) < 4.78 is 5.10. The van der Waals surface area contributed by atoms with Crippen molar-refractivity contribution < 1.29 is 14.6 Å². The molecule has 0 bridgehead atoms. The van der Waals surface area contributed by atoms with Crippen molar-refractivity contribution >= 4 is 5.91 Å². The molecule has 1 saturated heterocycles. The molecular formula is C14H19NO3. The van der Waals surface area contributed by atoms with E-state index in [-0.39, 0.29) is 11.8 Å². The van der Waals surface area contributed by atoms with Crippen molar-refractivity contribution in [3.05, 3.63) is 29.8 Å². The summed E-state index contributed by atoms with van der Waals surface area (Å²) in [5.74, 6) is 1.00. The van der Waals surface area contributed by atoms with E-state index >= 15 is 0 Å². The maximum atomic E-state index is 11.8. The Balaban J connectivity index is 1.98. The van der Waals surface area contributed by atoms with E-state index in [0.717, 1.165) is 11.3 Å². The number of amides is 1. The van der Waals surface area contributed by atoms with Crippen LogP contribution in [0.4, 0.5) is 0 Å². The molecule has 98 valence electrons. The van der Waals surface area contributed by atoms with Crippen LogP contribution in [-0.2, 0) is 11.3 Å². The minimum absolute atomic E-state index is 0.0655. The van der Waals surface area contributed by atoms with Gasteiger partial charge in [-0.15, -0.1) is 0 Å². The molecule has 0 spiro atoms. The number of ether oxygens (including phenoxy) is 1. The second-order valence-electron chi connectivity index (χ2n) is 4.83. The number of hydrogen-bond donors (Lipinski definition) is 1. The van der Waals surface area contributed by atoms with Crippen LogP contribution >= 0.6 is 0 Å². The fourth-order valence-electron chi connectivity index (χ4n) is 2.23. The molecule has 4 nitrogen and oxygen atoms in total. The van der Waals surface area contributed by atoms with Gasteiger partial charge >= 0.3 is 0 Å². The molecule has 0 aromatic heterocycles. The quantitative estimate of drug-likeness (QED) is 0.878. The van der Waals surface area contributed by atoms with Crippen molar-refractivity contribution in [1.29, 1.82) is 0 Å². The minimum Gasteiger partial charge on any atom is -0.497 e. The normalized spacial score (nSPS) is 21.2. The van der Waals surface area contributed by atoms with Gasteiger partial charge in [0, 0.05) is 25.4 Å². The Morgan fingerprint density at radius 2 is 2.11 bits per heavy atom. The van der Waals surface area contributed by atoms with Gasteiger partial charge in [0.1, 0.15) is 5.75 Å². The molecule has 1 aliphatic rings. The number of aliphatic hydroxyl groups excluding tert-OH is 1. The van der Waals surface area contributed by atoms with E-state index in [1.165, 1.54) is 0 Å².